The largest absolute Gasteiger partial charge is 0.333 e. The van der Waals surface area contributed by atoms with Crippen LogP contribution in [0.1, 0.15) is 12.5 Å². The summed E-state index contributed by atoms with van der Waals surface area (Å²) in [6.07, 6.45) is 0. The maximum absolute atomic E-state index is 10.6. The van der Waals surface area contributed by atoms with Gasteiger partial charge >= 0.3 is 0 Å². The van der Waals surface area contributed by atoms with Crippen LogP contribution in [-0.2, 0) is 4.79 Å². The summed E-state index contributed by atoms with van der Waals surface area (Å²) in [4.78, 5) is 10.6. The number of amides is 1. The second-order valence-corrected chi connectivity index (χ2v) is 2.55. The first-order valence-electron chi connectivity index (χ1n) is 4.10. The van der Waals surface area contributed by atoms with Gasteiger partial charge < -0.3 is 11.1 Å². The molecule has 3 N–H and O–H groups in total. The van der Waals surface area contributed by atoms with Crippen molar-refractivity contribution in [3.63, 3.8) is 0 Å². The summed E-state index contributed by atoms with van der Waals surface area (Å²) in [7, 11) is 1.50. The lowest BCUT2D eigenvalue weighted by atomic mass is 10.2. The molecule has 0 heterocycles. The normalized spacial score (nSPS) is 8.31. The van der Waals surface area contributed by atoms with Crippen molar-refractivity contribution in [3.05, 3.63) is 29.8 Å². The van der Waals surface area contributed by atoms with Crippen LogP contribution >= 0.6 is 0 Å². The van der Waals surface area contributed by atoms with E-state index in [1.165, 1.54) is 14.0 Å². The maximum atomic E-state index is 10.6. The van der Waals surface area contributed by atoms with Crippen molar-refractivity contribution in [1.82, 2.24) is 0 Å². The van der Waals surface area contributed by atoms with Gasteiger partial charge in [0.1, 0.15) is 0 Å². The fourth-order valence-electron chi connectivity index (χ4n) is 0.926. The molecule has 3 heteroatoms. The Labute approximate surface area is 78.9 Å². The van der Waals surface area contributed by atoms with Gasteiger partial charge in [0.05, 0.1) is 0 Å². The number of rotatable bonds is 1. The van der Waals surface area contributed by atoms with Crippen molar-refractivity contribution in [1.29, 1.82) is 0 Å². The molecule has 72 valence electrons. The molecule has 0 aliphatic heterocycles. The zero-order valence-corrected chi connectivity index (χ0v) is 8.29. The van der Waals surface area contributed by atoms with Crippen molar-refractivity contribution < 1.29 is 4.79 Å². The zero-order chi connectivity index (χ0) is 10.3. The van der Waals surface area contributed by atoms with Crippen LogP contribution in [0.25, 0.3) is 0 Å². The van der Waals surface area contributed by atoms with Crippen molar-refractivity contribution in [2.45, 2.75) is 13.8 Å². The Hall–Kier alpha value is -1.35. The summed E-state index contributed by atoms with van der Waals surface area (Å²) in [5, 5.41) is 2.71. The molecule has 0 saturated carbocycles. The summed E-state index contributed by atoms with van der Waals surface area (Å²) in [5.74, 6) is -0.0319. The maximum Gasteiger partial charge on any atom is 0.221 e. The van der Waals surface area contributed by atoms with Crippen LogP contribution in [-0.4, -0.2) is 13.0 Å². The minimum Gasteiger partial charge on any atom is -0.333 e. The van der Waals surface area contributed by atoms with Gasteiger partial charge in [-0.2, -0.15) is 0 Å². The molecular formula is C10H16N2O. The van der Waals surface area contributed by atoms with Crippen molar-refractivity contribution >= 4 is 11.6 Å². The molecule has 3 nitrogen and oxygen atoms in total. The predicted molar refractivity (Wildman–Crippen MR) is 55.6 cm³/mol. The topological polar surface area (TPSA) is 55.1 Å². The molecule has 0 aromatic heterocycles. The molecule has 1 aromatic rings. The van der Waals surface area contributed by atoms with Gasteiger partial charge in [-0.1, -0.05) is 12.1 Å². The number of carbonyl (C=O) groups excluding carboxylic acids is 1. The van der Waals surface area contributed by atoms with E-state index in [1.54, 1.807) is 0 Å². The SMILES string of the molecule is CC(=O)Nc1cccc(C)c1.CN. The van der Waals surface area contributed by atoms with Crippen molar-refractivity contribution in [3.8, 4) is 0 Å². The molecule has 0 atom stereocenters. The van der Waals surface area contributed by atoms with E-state index in [9.17, 15) is 4.79 Å². The summed E-state index contributed by atoms with van der Waals surface area (Å²) < 4.78 is 0. The van der Waals surface area contributed by atoms with E-state index in [4.69, 9.17) is 0 Å². The van der Waals surface area contributed by atoms with Gasteiger partial charge in [0.2, 0.25) is 5.91 Å². The average Bonchev–Trinajstić information content (AvgIpc) is 2.06. The predicted octanol–water partition coefficient (Wildman–Crippen LogP) is 1.53. The minimum absolute atomic E-state index is 0.0319. The highest BCUT2D eigenvalue weighted by atomic mass is 16.1. The van der Waals surface area contributed by atoms with Gasteiger partial charge in [-0.15, -0.1) is 0 Å². The highest BCUT2D eigenvalue weighted by Gasteiger charge is 1.93. The molecule has 0 radical (unpaired) electrons. The highest BCUT2D eigenvalue weighted by Crippen LogP contribution is 2.08. The fraction of sp³-hybridized carbons (Fsp3) is 0.300. The lowest BCUT2D eigenvalue weighted by Crippen LogP contribution is -2.05. The van der Waals surface area contributed by atoms with Crippen molar-refractivity contribution in [2.24, 2.45) is 5.73 Å². The van der Waals surface area contributed by atoms with Crippen LogP contribution in [0.15, 0.2) is 24.3 Å². The summed E-state index contributed by atoms with van der Waals surface area (Å²) in [6, 6.07) is 7.71. The first-order chi connectivity index (χ1) is 6.18. The zero-order valence-electron chi connectivity index (χ0n) is 8.29. The molecular weight excluding hydrogens is 164 g/mol. The lowest BCUT2D eigenvalue weighted by molar-refractivity contribution is -0.114. The van der Waals surface area contributed by atoms with Gasteiger partial charge in [0, 0.05) is 12.6 Å². The standard InChI is InChI=1S/C9H11NO.CH5N/c1-7-4-3-5-9(6-7)10-8(2)11;1-2/h3-6H,1-2H3,(H,10,11);2H2,1H3. The van der Waals surface area contributed by atoms with Crippen molar-refractivity contribution in [2.75, 3.05) is 12.4 Å². The first kappa shape index (κ1) is 11.6. The van der Waals surface area contributed by atoms with Crippen LogP contribution in [0.2, 0.25) is 0 Å². The van der Waals surface area contributed by atoms with Gasteiger partial charge in [0.15, 0.2) is 0 Å². The third kappa shape index (κ3) is 4.98. The van der Waals surface area contributed by atoms with Gasteiger partial charge in [-0.25, -0.2) is 0 Å². The molecule has 0 saturated heterocycles. The average molecular weight is 180 g/mol. The molecule has 1 aromatic carbocycles. The Morgan fingerprint density at radius 2 is 2.00 bits per heavy atom. The molecule has 1 amide bonds. The molecule has 0 aliphatic rings. The van der Waals surface area contributed by atoms with E-state index in [0.717, 1.165) is 11.3 Å². The van der Waals surface area contributed by atoms with Crippen LogP contribution in [0, 0.1) is 6.92 Å². The van der Waals surface area contributed by atoms with E-state index in [2.05, 4.69) is 11.1 Å². The van der Waals surface area contributed by atoms with Crippen LogP contribution in [0.5, 0.6) is 0 Å². The van der Waals surface area contributed by atoms with E-state index in [0.29, 0.717) is 0 Å². The van der Waals surface area contributed by atoms with E-state index in [1.807, 2.05) is 31.2 Å². The summed E-state index contributed by atoms with van der Waals surface area (Å²) in [6.45, 7) is 3.49. The Bertz CT molecular complexity index is 271. The second-order valence-electron chi connectivity index (χ2n) is 2.55. The number of hydrogen-bond acceptors (Lipinski definition) is 2. The summed E-state index contributed by atoms with van der Waals surface area (Å²) >= 11 is 0. The number of carbonyl (C=O) groups is 1. The van der Waals surface area contributed by atoms with Crippen LogP contribution < -0.4 is 11.1 Å². The lowest BCUT2D eigenvalue weighted by Gasteiger charge is -2.01. The van der Waals surface area contributed by atoms with Gasteiger partial charge in [-0.05, 0) is 31.7 Å². The van der Waals surface area contributed by atoms with E-state index < -0.39 is 0 Å². The number of hydrogen-bond donors (Lipinski definition) is 2. The highest BCUT2D eigenvalue weighted by molar-refractivity contribution is 5.88. The molecule has 0 fully saturated rings. The Morgan fingerprint density at radius 3 is 2.46 bits per heavy atom. The third-order valence-corrected chi connectivity index (χ3v) is 1.34. The number of nitrogens with one attached hydrogen (secondary N) is 1. The van der Waals surface area contributed by atoms with Crippen LogP contribution in [0.4, 0.5) is 5.69 Å². The number of nitrogens with two attached hydrogens (primary N) is 1. The first-order valence-corrected chi connectivity index (χ1v) is 4.10. The Morgan fingerprint density at radius 1 is 1.38 bits per heavy atom. The number of anilines is 1. The number of aryl methyl sites for hydroxylation is 1. The molecule has 1 rings (SSSR count). The fourth-order valence-corrected chi connectivity index (χ4v) is 0.926. The Kier molecular flexibility index (Phi) is 5.55. The minimum atomic E-state index is -0.0319. The van der Waals surface area contributed by atoms with E-state index >= 15 is 0 Å². The Balaban J connectivity index is 0.000000671. The van der Waals surface area contributed by atoms with Gasteiger partial charge in [0.25, 0.3) is 0 Å². The van der Waals surface area contributed by atoms with E-state index in [-0.39, 0.29) is 5.91 Å². The number of benzene rings is 1. The van der Waals surface area contributed by atoms with Crippen LogP contribution in [0.3, 0.4) is 0 Å². The second kappa shape index (κ2) is 6.20. The summed E-state index contributed by atoms with van der Waals surface area (Å²) in [5.41, 5.74) is 6.51. The van der Waals surface area contributed by atoms with Gasteiger partial charge in [-0.3, -0.25) is 4.79 Å². The molecule has 13 heavy (non-hydrogen) atoms. The molecule has 0 spiro atoms. The smallest absolute Gasteiger partial charge is 0.221 e. The molecule has 0 bridgehead atoms. The molecule has 0 aliphatic carbocycles. The molecule has 0 unspecified atom stereocenters. The quantitative estimate of drug-likeness (QED) is 0.688. The monoisotopic (exact) mass is 180 g/mol. The third-order valence-electron chi connectivity index (χ3n) is 1.34.